The number of nitrogens with zero attached hydrogens (tertiary/aromatic N) is 2. The second kappa shape index (κ2) is 6.27. The van der Waals surface area contributed by atoms with Crippen LogP contribution in [0.4, 0.5) is 5.69 Å². The monoisotopic (exact) mass is 282 g/mol. The summed E-state index contributed by atoms with van der Waals surface area (Å²) in [6.45, 7) is 4.72. The molecule has 0 fully saturated rings. The maximum atomic E-state index is 11.1. The third kappa shape index (κ3) is 3.32. The molecule has 0 spiro atoms. The van der Waals surface area contributed by atoms with Crippen LogP contribution in [0.2, 0.25) is 0 Å². The van der Waals surface area contributed by atoms with Crippen molar-refractivity contribution < 1.29 is 9.90 Å². The van der Waals surface area contributed by atoms with Gasteiger partial charge in [0.15, 0.2) is 0 Å². The Hall–Kier alpha value is -2.54. The molecule has 0 aliphatic carbocycles. The highest BCUT2D eigenvalue weighted by atomic mass is 16.4. The summed E-state index contributed by atoms with van der Waals surface area (Å²) in [5.74, 6) is -0.511. The molecule has 0 saturated carbocycles. The van der Waals surface area contributed by atoms with E-state index in [0.29, 0.717) is 18.0 Å². The molecule has 2 aromatic carbocycles. The molecule has 0 heterocycles. The van der Waals surface area contributed by atoms with Crippen LogP contribution in [0.1, 0.15) is 19.4 Å². The first kappa shape index (κ1) is 14.9. The third-order valence-corrected chi connectivity index (χ3v) is 3.27. The highest BCUT2D eigenvalue weighted by Gasteiger charge is 2.16. The molecule has 0 aliphatic rings. The Morgan fingerprint density at radius 3 is 2.48 bits per heavy atom. The van der Waals surface area contributed by atoms with Gasteiger partial charge in [0, 0.05) is 23.0 Å². The molecule has 4 heteroatoms. The average molecular weight is 282 g/mol. The lowest BCUT2D eigenvalue weighted by molar-refractivity contribution is -0.135. The Morgan fingerprint density at radius 2 is 1.90 bits per heavy atom. The molecule has 0 unspecified atom stereocenters. The first-order valence-corrected chi connectivity index (χ1v) is 6.91. The maximum Gasteiger partial charge on any atom is 0.323 e. The van der Waals surface area contributed by atoms with Gasteiger partial charge in [0.1, 0.15) is 6.54 Å². The molecule has 0 amide bonds. The number of nitriles is 1. The molecule has 1 N–H and O–H groups in total. The zero-order chi connectivity index (χ0) is 15.4. The van der Waals surface area contributed by atoms with E-state index in [-0.39, 0.29) is 6.54 Å². The van der Waals surface area contributed by atoms with Crippen LogP contribution in [0.25, 0.3) is 10.8 Å². The number of anilines is 1. The Labute approximate surface area is 124 Å². The lowest BCUT2D eigenvalue weighted by Gasteiger charge is -2.26. The van der Waals surface area contributed by atoms with E-state index < -0.39 is 5.97 Å². The first-order chi connectivity index (χ1) is 10.0. The Kier molecular flexibility index (Phi) is 4.44. The van der Waals surface area contributed by atoms with Crippen LogP contribution in [0.15, 0.2) is 36.4 Å². The van der Waals surface area contributed by atoms with Gasteiger partial charge in [0.2, 0.25) is 0 Å². The summed E-state index contributed by atoms with van der Waals surface area (Å²) in [4.78, 5) is 13.0. The number of carboxylic acid groups (broad SMARTS) is 1. The van der Waals surface area contributed by atoms with Crippen LogP contribution in [-0.4, -0.2) is 24.2 Å². The number of hydrogen-bond acceptors (Lipinski definition) is 3. The molecule has 0 bridgehead atoms. The van der Waals surface area contributed by atoms with E-state index in [9.17, 15) is 10.1 Å². The number of carbonyl (C=O) groups is 1. The molecule has 2 rings (SSSR count). The van der Waals surface area contributed by atoms with E-state index in [1.807, 2.05) is 35.2 Å². The number of carboxylic acids is 1. The Bertz CT molecular complexity index is 701. The standard InChI is InChI=1S/C17H18N2O2/c1-12(2)10-19(11-17(20)21)16-8-7-13(9-18)14-5-3-4-6-15(14)16/h3-8,12H,10-11H2,1-2H3,(H,20,21). The Balaban J connectivity index is 2.57. The predicted molar refractivity (Wildman–Crippen MR) is 83.3 cm³/mol. The van der Waals surface area contributed by atoms with Crippen LogP contribution < -0.4 is 4.90 Å². The molecule has 108 valence electrons. The summed E-state index contributed by atoms with van der Waals surface area (Å²) in [6.07, 6.45) is 0. The molecule has 0 saturated heterocycles. The van der Waals surface area contributed by atoms with Crippen molar-refractivity contribution in [3.05, 3.63) is 42.0 Å². The van der Waals surface area contributed by atoms with Crippen molar-refractivity contribution in [1.29, 1.82) is 5.26 Å². The van der Waals surface area contributed by atoms with Crippen LogP contribution in [0.5, 0.6) is 0 Å². The van der Waals surface area contributed by atoms with Gasteiger partial charge in [0.05, 0.1) is 11.6 Å². The largest absolute Gasteiger partial charge is 0.480 e. The zero-order valence-corrected chi connectivity index (χ0v) is 12.2. The summed E-state index contributed by atoms with van der Waals surface area (Å²) in [5, 5.41) is 20.1. The minimum absolute atomic E-state index is 0.0475. The lowest BCUT2D eigenvalue weighted by Crippen LogP contribution is -2.33. The van der Waals surface area contributed by atoms with Gasteiger partial charge in [-0.1, -0.05) is 38.1 Å². The van der Waals surface area contributed by atoms with Gasteiger partial charge in [-0.2, -0.15) is 5.26 Å². The van der Waals surface area contributed by atoms with Crippen molar-refractivity contribution in [2.24, 2.45) is 5.92 Å². The topological polar surface area (TPSA) is 64.3 Å². The second-order valence-electron chi connectivity index (χ2n) is 5.46. The number of fused-ring (bicyclic) bond motifs is 1. The minimum atomic E-state index is -0.857. The van der Waals surface area contributed by atoms with Gasteiger partial charge in [-0.3, -0.25) is 4.79 Å². The van der Waals surface area contributed by atoms with Crippen LogP contribution in [0, 0.1) is 17.2 Å². The quantitative estimate of drug-likeness (QED) is 0.914. The molecule has 0 aromatic heterocycles. The molecule has 0 radical (unpaired) electrons. The number of aliphatic carboxylic acids is 1. The molecule has 2 aromatic rings. The molecule has 0 aliphatic heterocycles. The van der Waals surface area contributed by atoms with Gasteiger partial charge in [0.25, 0.3) is 0 Å². The molecular weight excluding hydrogens is 264 g/mol. The number of benzene rings is 2. The van der Waals surface area contributed by atoms with Crippen molar-refractivity contribution in [1.82, 2.24) is 0 Å². The minimum Gasteiger partial charge on any atom is -0.480 e. The zero-order valence-electron chi connectivity index (χ0n) is 12.2. The smallest absolute Gasteiger partial charge is 0.323 e. The normalized spacial score (nSPS) is 10.6. The average Bonchev–Trinajstić information content (AvgIpc) is 2.44. The molecule has 4 nitrogen and oxygen atoms in total. The van der Waals surface area contributed by atoms with Crippen molar-refractivity contribution in [2.45, 2.75) is 13.8 Å². The molecular formula is C17H18N2O2. The molecule has 0 atom stereocenters. The lowest BCUT2D eigenvalue weighted by atomic mass is 10.0. The van der Waals surface area contributed by atoms with Crippen LogP contribution in [-0.2, 0) is 4.79 Å². The van der Waals surface area contributed by atoms with Crippen molar-refractivity contribution >= 4 is 22.4 Å². The maximum absolute atomic E-state index is 11.1. The summed E-state index contributed by atoms with van der Waals surface area (Å²) < 4.78 is 0. The number of rotatable bonds is 5. The number of hydrogen-bond donors (Lipinski definition) is 1. The van der Waals surface area contributed by atoms with E-state index >= 15 is 0 Å². The summed E-state index contributed by atoms with van der Waals surface area (Å²) in [7, 11) is 0. The van der Waals surface area contributed by atoms with Crippen molar-refractivity contribution in [3.8, 4) is 6.07 Å². The fourth-order valence-electron chi connectivity index (χ4n) is 2.51. The van der Waals surface area contributed by atoms with Crippen LogP contribution in [0.3, 0.4) is 0 Å². The van der Waals surface area contributed by atoms with Gasteiger partial charge in [-0.25, -0.2) is 0 Å². The Morgan fingerprint density at radius 1 is 1.24 bits per heavy atom. The van der Waals surface area contributed by atoms with E-state index in [1.54, 1.807) is 6.07 Å². The fraction of sp³-hybridized carbons (Fsp3) is 0.294. The first-order valence-electron chi connectivity index (χ1n) is 6.91. The predicted octanol–water partition coefficient (Wildman–Crippen LogP) is 3.26. The van der Waals surface area contributed by atoms with E-state index in [4.69, 9.17) is 5.11 Å². The highest BCUT2D eigenvalue weighted by molar-refractivity contribution is 5.98. The van der Waals surface area contributed by atoms with Gasteiger partial charge < -0.3 is 10.0 Å². The van der Waals surface area contributed by atoms with E-state index in [2.05, 4.69) is 19.9 Å². The second-order valence-corrected chi connectivity index (χ2v) is 5.46. The van der Waals surface area contributed by atoms with Gasteiger partial charge in [-0.05, 0) is 18.1 Å². The summed E-state index contributed by atoms with van der Waals surface area (Å²) >= 11 is 0. The highest BCUT2D eigenvalue weighted by Crippen LogP contribution is 2.29. The summed E-state index contributed by atoms with van der Waals surface area (Å²) in [5.41, 5.74) is 1.47. The van der Waals surface area contributed by atoms with Gasteiger partial charge in [-0.15, -0.1) is 0 Å². The van der Waals surface area contributed by atoms with Gasteiger partial charge >= 0.3 is 5.97 Å². The van der Waals surface area contributed by atoms with Crippen LogP contribution >= 0.6 is 0 Å². The van der Waals surface area contributed by atoms with E-state index in [1.165, 1.54) is 0 Å². The molecule has 21 heavy (non-hydrogen) atoms. The van der Waals surface area contributed by atoms with Crippen molar-refractivity contribution in [3.63, 3.8) is 0 Å². The van der Waals surface area contributed by atoms with E-state index in [0.717, 1.165) is 16.5 Å². The van der Waals surface area contributed by atoms with Crippen molar-refractivity contribution in [2.75, 3.05) is 18.0 Å². The third-order valence-electron chi connectivity index (χ3n) is 3.27. The SMILES string of the molecule is CC(C)CN(CC(=O)O)c1ccc(C#N)c2ccccc12. The summed E-state index contributed by atoms with van der Waals surface area (Å²) in [6, 6.07) is 13.4. The fourth-order valence-corrected chi connectivity index (χ4v) is 2.51.